The molecule has 0 aromatic heterocycles. The van der Waals surface area contributed by atoms with Crippen molar-refractivity contribution in [1.29, 1.82) is 0 Å². The van der Waals surface area contributed by atoms with Crippen molar-refractivity contribution in [3.63, 3.8) is 0 Å². The predicted octanol–water partition coefficient (Wildman–Crippen LogP) is 2.86. The molecule has 21 heavy (non-hydrogen) atoms. The maximum Gasteiger partial charge on any atom is 0.251 e. The van der Waals surface area contributed by atoms with Crippen molar-refractivity contribution in [3.8, 4) is 17.2 Å². The fraction of sp³-hybridized carbons (Fsp3) is 0.533. The lowest BCUT2D eigenvalue weighted by molar-refractivity contribution is 0.0952. The minimum Gasteiger partial charge on any atom is -0.493 e. The maximum atomic E-state index is 12.2. The summed E-state index contributed by atoms with van der Waals surface area (Å²) in [6, 6.07) is 3.27. The molecular weight excluding hydrogens is 338 g/mol. The van der Waals surface area contributed by atoms with Crippen molar-refractivity contribution in [2.24, 2.45) is 5.92 Å². The minimum absolute atomic E-state index is 0.181. The quantitative estimate of drug-likeness (QED) is 0.760. The van der Waals surface area contributed by atoms with Gasteiger partial charge in [-0.1, -0.05) is 29.8 Å². The number of amides is 1. The molecule has 1 aromatic rings. The molecule has 5 nitrogen and oxygen atoms in total. The van der Waals surface area contributed by atoms with Crippen LogP contribution < -0.4 is 19.5 Å². The van der Waals surface area contributed by atoms with Crippen LogP contribution in [0.25, 0.3) is 0 Å². The molecule has 0 saturated heterocycles. The number of rotatable bonds is 7. The number of ether oxygens (including phenoxy) is 3. The number of carbonyl (C=O) groups excluding carboxylic acids is 1. The molecule has 0 aliphatic rings. The van der Waals surface area contributed by atoms with Gasteiger partial charge in [0.05, 0.1) is 21.3 Å². The summed E-state index contributed by atoms with van der Waals surface area (Å²) in [5.74, 6) is 1.64. The van der Waals surface area contributed by atoms with E-state index >= 15 is 0 Å². The third kappa shape index (κ3) is 4.52. The summed E-state index contributed by atoms with van der Waals surface area (Å²) in [4.78, 5) is 12.4. The van der Waals surface area contributed by atoms with Crippen LogP contribution in [0.4, 0.5) is 0 Å². The van der Waals surface area contributed by atoms with Crippen LogP contribution in [0.15, 0.2) is 12.1 Å². The largest absolute Gasteiger partial charge is 0.493 e. The van der Waals surface area contributed by atoms with E-state index in [1.807, 2.05) is 0 Å². The van der Waals surface area contributed by atoms with E-state index in [1.54, 1.807) is 12.1 Å². The van der Waals surface area contributed by atoms with Gasteiger partial charge in [0.1, 0.15) is 0 Å². The van der Waals surface area contributed by atoms with Gasteiger partial charge in [-0.05, 0) is 18.1 Å². The van der Waals surface area contributed by atoms with Crippen LogP contribution in [0.3, 0.4) is 0 Å². The SMILES string of the molecule is COc1cc(C(=O)NCC(Br)C(C)C)cc(OC)c1OC. The lowest BCUT2D eigenvalue weighted by Gasteiger charge is -2.16. The highest BCUT2D eigenvalue weighted by Crippen LogP contribution is 2.38. The average Bonchev–Trinajstić information content (AvgIpc) is 2.50. The maximum absolute atomic E-state index is 12.2. The number of halogens is 1. The molecule has 0 aliphatic heterocycles. The lowest BCUT2D eigenvalue weighted by atomic mass is 10.1. The van der Waals surface area contributed by atoms with Gasteiger partial charge in [-0.15, -0.1) is 0 Å². The van der Waals surface area contributed by atoms with Crippen molar-refractivity contribution >= 4 is 21.8 Å². The average molecular weight is 360 g/mol. The van der Waals surface area contributed by atoms with Crippen LogP contribution >= 0.6 is 15.9 Å². The van der Waals surface area contributed by atoms with E-state index < -0.39 is 0 Å². The molecule has 1 atom stereocenters. The molecule has 118 valence electrons. The fourth-order valence-corrected chi connectivity index (χ4v) is 1.90. The summed E-state index contributed by atoms with van der Waals surface area (Å²) in [7, 11) is 4.57. The van der Waals surface area contributed by atoms with E-state index in [9.17, 15) is 4.79 Å². The second-order valence-electron chi connectivity index (χ2n) is 4.88. The Morgan fingerprint density at radius 3 is 2.05 bits per heavy atom. The number of alkyl halides is 1. The van der Waals surface area contributed by atoms with Gasteiger partial charge in [-0.2, -0.15) is 0 Å². The Balaban J connectivity index is 2.94. The number of hydrogen-bond donors (Lipinski definition) is 1. The molecule has 0 bridgehead atoms. The first kappa shape index (κ1) is 17.6. The van der Waals surface area contributed by atoms with Gasteiger partial charge in [-0.3, -0.25) is 4.79 Å². The summed E-state index contributed by atoms with van der Waals surface area (Å²) in [6.45, 7) is 4.73. The second-order valence-corrected chi connectivity index (χ2v) is 6.06. The first-order chi connectivity index (χ1) is 9.94. The Morgan fingerprint density at radius 2 is 1.67 bits per heavy atom. The van der Waals surface area contributed by atoms with Gasteiger partial charge in [0, 0.05) is 16.9 Å². The molecule has 0 saturated carbocycles. The molecule has 6 heteroatoms. The Morgan fingerprint density at radius 1 is 1.14 bits per heavy atom. The van der Waals surface area contributed by atoms with E-state index in [4.69, 9.17) is 14.2 Å². The highest BCUT2D eigenvalue weighted by atomic mass is 79.9. The second kappa shape index (κ2) is 8.12. The van der Waals surface area contributed by atoms with Gasteiger partial charge in [0.15, 0.2) is 11.5 Å². The first-order valence-electron chi connectivity index (χ1n) is 6.66. The van der Waals surface area contributed by atoms with E-state index in [0.29, 0.717) is 35.3 Å². The van der Waals surface area contributed by atoms with E-state index in [0.717, 1.165) is 0 Å². The number of carbonyl (C=O) groups is 1. The number of hydrogen-bond acceptors (Lipinski definition) is 4. The summed E-state index contributed by atoms with van der Waals surface area (Å²) < 4.78 is 15.7. The Labute approximate surface area is 134 Å². The molecular formula is C15H22BrNO4. The molecule has 1 unspecified atom stereocenters. The number of nitrogens with one attached hydrogen (secondary N) is 1. The predicted molar refractivity (Wildman–Crippen MR) is 86.0 cm³/mol. The molecule has 0 radical (unpaired) electrons. The minimum atomic E-state index is -0.181. The van der Waals surface area contributed by atoms with Gasteiger partial charge in [0.2, 0.25) is 5.75 Å². The lowest BCUT2D eigenvalue weighted by Crippen LogP contribution is -2.31. The van der Waals surface area contributed by atoms with Crippen LogP contribution in [0, 0.1) is 5.92 Å². The van der Waals surface area contributed by atoms with Crippen LogP contribution in [-0.4, -0.2) is 38.6 Å². The zero-order chi connectivity index (χ0) is 16.0. The highest BCUT2D eigenvalue weighted by molar-refractivity contribution is 9.09. The fourth-order valence-electron chi connectivity index (χ4n) is 1.74. The summed E-state index contributed by atoms with van der Waals surface area (Å²) >= 11 is 3.54. The zero-order valence-corrected chi connectivity index (χ0v) is 14.6. The third-order valence-corrected chi connectivity index (χ3v) is 4.49. The molecule has 0 heterocycles. The van der Waals surface area contributed by atoms with Gasteiger partial charge in [0.25, 0.3) is 5.91 Å². The third-order valence-electron chi connectivity index (χ3n) is 3.11. The van der Waals surface area contributed by atoms with Crippen LogP contribution in [0.2, 0.25) is 0 Å². The topological polar surface area (TPSA) is 56.8 Å². The molecule has 1 N–H and O–H groups in total. The van der Waals surface area contributed by atoms with Crippen LogP contribution in [0.5, 0.6) is 17.2 Å². The molecule has 1 amide bonds. The van der Waals surface area contributed by atoms with Crippen molar-refractivity contribution in [2.45, 2.75) is 18.7 Å². The highest BCUT2D eigenvalue weighted by Gasteiger charge is 2.18. The van der Waals surface area contributed by atoms with Crippen LogP contribution in [0.1, 0.15) is 24.2 Å². The van der Waals surface area contributed by atoms with Crippen molar-refractivity contribution < 1.29 is 19.0 Å². The molecule has 1 rings (SSSR count). The standard InChI is InChI=1S/C15H22BrNO4/c1-9(2)11(16)8-17-15(18)10-6-12(19-3)14(21-5)13(7-10)20-4/h6-7,9,11H,8H2,1-5H3,(H,17,18). The van der Waals surface area contributed by atoms with Crippen molar-refractivity contribution in [2.75, 3.05) is 27.9 Å². The first-order valence-corrected chi connectivity index (χ1v) is 7.58. The van der Waals surface area contributed by atoms with Gasteiger partial charge >= 0.3 is 0 Å². The van der Waals surface area contributed by atoms with E-state index in [1.165, 1.54) is 21.3 Å². The summed E-state index contributed by atoms with van der Waals surface area (Å²) in [5.41, 5.74) is 0.466. The monoisotopic (exact) mass is 359 g/mol. The van der Waals surface area contributed by atoms with Gasteiger partial charge in [-0.25, -0.2) is 0 Å². The molecule has 0 fully saturated rings. The Bertz CT molecular complexity index is 466. The Hall–Kier alpha value is -1.43. The molecule has 0 spiro atoms. The van der Waals surface area contributed by atoms with Crippen LogP contribution in [-0.2, 0) is 0 Å². The van der Waals surface area contributed by atoms with E-state index in [-0.39, 0.29) is 10.7 Å². The van der Waals surface area contributed by atoms with Crippen molar-refractivity contribution in [3.05, 3.63) is 17.7 Å². The van der Waals surface area contributed by atoms with Crippen molar-refractivity contribution in [1.82, 2.24) is 5.32 Å². The number of methoxy groups -OCH3 is 3. The smallest absolute Gasteiger partial charge is 0.251 e. The Kier molecular flexibility index (Phi) is 6.81. The molecule has 0 aliphatic carbocycles. The van der Waals surface area contributed by atoms with Gasteiger partial charge < -0.3 is 19.5 Å². The molecule has 1 aromatic carbocycles. The van der Waals surface area contributed by atoms with E-state index in [2.05, 4.69) is 35.1 Å². The summed E-state index contributed by atoms with van der Waals surface area (Å²) in [6.07, 6.45) is 0. The summed E-state index contributed by atoms with van der Waals surface area (Å²) in [5, 5.41) is 2.88. The number of benzene rings is 1. The normalized spacial score (nSPS) is 12.0. The zero-order valence-electron chi connectivity index (χ0n) is 13.0.